The molecular weight excluding hydrogens is 317 g/mol. The minimum Gasteiger partial charge on any atom is -0.329 e. The van der Waals surface area contributed by atoms with Crippen LogP contribution in [0.25, 0.3) is 0 Å². The molecule has 0 saturated heterocycles. The zero-order valence-electron chi connectivity index (χ0n) is 13.7. The molecule has 0 unspecified atom stereocenters. The number of halogens is 2. The van der Waals surface area contributed by atoms with Crippen molar-refractivity contribution >= 4 is 29.1 Å². The molecular formula is C18H27Cl2NO. The number of amides is 1. The Balaban J connectivity index is 2.07. The summed E-state index contributed by atoms with van der Waals surface area (Å²) in [5, 5.41) is 4.39. The van der Waals surface area contributed by atoms with Crippen LogP contribution in [-0.4, -0.2) is 5.91 Å². The lowest BCUT2D eigenvalue weighted by molar-refractivity contribution is -0.133. The molecule has 2 aliphatic rings. The number of nitrogens with one attached hydrogen (secondary N) is 1. The van der Waals surface area contributed by atoms with Crippen LogP contribution in [0.4, 0.5) is 0 Å². The van der Waals surface area contributed by atoms with E-state index in [1.807, 2.05) is 6.08 Å². The quantitative estimate of drug-likeness (QED) is 0.665. The lowest BCUT2D eigenvalue weighted by atomic mass is 9.69. The predicted octanol–water partition coefficient (Wildman–Crippen LogP) is 5.86. The molecule has 0 aromatic rings. The smallest absolute Gasteiger partial charge is 0.230 e. The molecule has 124 valence electrons. The first kappa shape index (κ1) is 17.9. The van der Waals surface area contributed by atoms with Crippen molar-refractivity contribution in [3.63, 3.8) is 0 Å². The number of carbonyl (C=O) groups is 1. The largest absolute Gasteiger partial charge is 0.329 e. The summed E-state index contributed by atoms with van der Waals surface area (Å²) in [6.45, 7) is 4.45. The Hall–Kier alpha value is -0.470. The van der Waals surface area contributed by atoms with Crippen molar-refractivity contribution in [2.24, 2.45) is 11.3 Å². The van der Waals surface area contributed by atoms with Crippen molar-refractivity contribution in [2.75, 3.05) is 0 Å². The molecule has 2 rings (SSSR count). The fraction of sp³-hybridized carbons (Fsp3) is 0.722. The first-order valence-corrected chi connectivity index (χ1v) is 9.25. The first-order chi connectivity index (χ1) is 10.4. The van der Waals surface area contributed by atoms with Gasteiger partial charge in [0, 0.05) is 16.1 Å². The van der Waals surface area contributed by atoms with Gasteiger partial charge in [0.2, 0.25) is 5.91 Å². The summed E-state index contributed by atoms with van der Waals surface area (Å²) in [4.78, 5) is 12.9. The number of allylic oxidation sites excluding steroid dienone is 4. The van der Waals surface area contributed by atoms with Crippen molar-refractivity contribution in [3.05, 3.63) is 21.8 Å². The van der Waals surface area contributed by atoms with Crippen LogP contribution in [0.15, 0.2) is 21.8 Å². The van der Waals surface area contributed by atoms with Crippen LogP contribution >= 0.6 is 23.2 Å². The Kier molecular flexibility index (Phi) is 6.40. The van der Waals surface area contributed by atoms with Gasteiger partial charge in [-0.05, 0) is 50.5 Å². The van der Waals surface area contributed by atoms with E-state index in [1.54, 1.807) is 0 Å². The van der Waals surface area contributed by atoms with Crippen molar-refractivity contribution in [2.45, 2.75) is 71.6 Å². The molecule has 1 fully saturated rings. The van der Waals surface area contributed by atoms with Gasteiger partial charge >= 0.3 is 0 Å². The van der Waals surface area contributed by atoms with E-state index >= 15 is 0 Å². The topological polar surface area (TPSA) is 29.1 Å². The molecule has 1 amide bonds. The molecule has 2 nitrogen and oxygen atoms in total. The highest BCUT2D eigenvalue weighted by molar-refractivity contribution is 6.40. The molecule has 0 heterocycles. The van der Waals surface area contributed by atoms with Crippen molar-refractivity contribution in [1.29, 1.82) is 0 Å². The van der Waals surface area contributed by atoms with Gasteiger partial charge in [0.1, 0.15) is 0 Å². The lowest BCUT2D eigenvalue weighted by Crippen LogP contribution is -2.42. The SMILES string of the molecule is CC(C)CCC1(C(=O)NC2=CC(Cl)=C(Cl)CC2)CCCCC1. The van der Waals surface area contributed by atoms with E-state index in [1.165, 1.54) is 6.42 Å². The summed E-state index contributed by atoms with van der Waals surface area (Å²) in [7, 11) is 0. The second kappa shape index (κ2) is 7.88. The molecule has 0 bridgehead atoms. The van der Waals surface area contributed by atoms with Gasteiger partial charge in [-0.3, -0.25) is 4.79 Å². The highest BCUT2D eigenvalue weighted by atomic mass is 35.5. The lowest BCUT2D eigenvalue weighted by Gasteiger charge is -2.37. The molecule has 0 aliphatic heterocycles. The normalized spacial score (nSPS) is 21.8. The second-order valence-corrected chi connectivity index (χ2v) is 8.01. The van der Waals surface area contributed by atoms with Gasteiger partial charge in [-0.2, -0.15) is 0 Å². The molecule has 0 aromatic carbocycles. The summed E-state index contributed by atoms with van der Waals surface area (Å²) in [6, 6.07) is 0. The molecule has 4 heteroatoms. The van der Waals surface area contributed by atoms with Gasteiger partial charge in [-0.25, -0.2) is 0 Å². The van der Waals surface area contributed by atoms with Gasteiger partial charge in [-0.1, -0.05) is 56.3 Å². The standard InChI is InChI=1S/C18H27Cl2NO/c1-13(2)8-11-18(9-4-3-5-10-18)17(22)21-14-6-7-15(19)16(20)12-14/h12-13H,3-11H2,1-2H3,(H,21,22). The summed E-state index contributed by atoms with van der Waals surface area (Å²) in [5.74, 6) is 0.832. The molecule has 2 aliphatic carbocycles. The van der Waals surface area contributed by atoms with Crippen LogP contribution in [0.5, 0.6) is 0 Å². The van der Waals surface area contributed by atoms with Gasteiger partial charge in [0.25, 0.3) is 0 Å². The van der Waals surface area contributed by atoms with Crippen LogP contribution < -0.4 is 5.32 Å². The molecule has 0 radical (unpaired) electrons. The first-order valence-electron chi connectivity index (χ1n) is 8.49. The number of hydrogen-bond donors (Lipinski definition) is 1. The summed E-state index contributed by atoms with van der Waals surface area (Å²) in [5.41, 5.74) is 0.731. The molecule has 0 aromatic heterocycles. The number of rotatable bonds is 5. The van der Waals surface area contributed by atoms with Gasteiger partial charge in [-0.15, -0.1) is 0 Å². The van der Waals surface area contributed by atoms with Crippen LogP contribution in [0.2, 0.25) is 0 Å². The molecule has 1 N–H and O–H groups in total. The van der Waals surface area contributed by atoms with Crippen LogP contribution in [-0.2, 0) is 4.79 Å². The molecule has 22 heavy (non-hydrogen) atoms. The zero-order valence-corrected chi connectivity index (χ0v) is 15.2. The Morgan fingerprint density at radius 1 is 1.23 bits per heavy atom. The second-order valence-electron chi connectivity index (χ2n) is 7.15. The van der Waals surface area contributed by atoms with Crippen LogP contribution in [0.1, 0.15) is 71.6 Å². The minimum absolute atomic E-state index is 0.180. The fourth-order valence-corrected chi connectivity index (χ4v) is 3.80. The maximum absolute atomic E-state index is 12.9. The van der Waals surface area contributed by atoms with E-state index in [-0.39, 0.29) is 11.3 Å². The van der Waals surface area contributed by atoms with E-state index in [0.29, 0.717) is 22.4 Å². The third-order valence-corrected chi connectivity index (χ3v) is 5.77. The number of hydrogen-bond acceptors (Lipinski definition) is 1. The van der Waals surface area contributed by atoms with Crippen molar-refractivity contribution in [3.8, 4) is 0 Å². The maximum Gasteiger partial charge on any atom is 0.230 e. The summed E-state index contributed by atoms with van der Waals surface area (Å²) in [6.07, 6.45) is 11.0. The summed E-state index contributed by atoms with van der Waals surface area (Å²) < 4.78 is 0. The highest BCUT2D eigenvalue weighted by Gasteiger charge is 2.39. The third-order valence-electron chi connectivity index (χ3n) is 4.94. The van der Waals surface area contributed by atoms with Gasteiger partial charge < -0.3 is 5.32 Å². The molecule has 1 saturated carbocycles. The maximum atomic E-state index is 12.9. The van der Waals surface area contributed by atoms with E-state index in [4.69, 9.17) is 23.2 Å². The van der Waals surface area contributed by atoms with E-state index in [0.717, 1.165) is 50.6 Å². The van der Waals surface area contributed by atoms with Crippen molar-refractivity contribution in [1.82, 2.24) is 5.32 Å². The average molecular weight is 344 g/mol. The van der Waals surface area contributed by atoms with E-state index in [9.17, 15) is 4.79 Å². The van der Waals surface area contributed by atoms with Crippen molar-refractivity contribution < 1.29 is 4.79 Å². The Labute approximate surface area is 144 Å². The Morgan fingerprint density at radius 2 is 1.91 bits per heavy atom. The highest BCUT2D eigenvalue weighted by Crippen LogP contribution is 2.42. The van der Waals surface area contributed by atoms with E-state index in [2.05, 4.69) is 19.2 Å². The average Bonchev–Trinajstić information content (AvgIpc) is 2.50. The monoisotopic (exact) mass is 343 g/mol. The summed E-state index contributed by atoms with van der Waals surface area (Å²) >= 11 is 12.1. The van der Waals surface area contributed by atoms with Gasteiger partial charge in [0.15, 0.2) is 0 Å². The van der Waals surface area contributed by atoms with Crippen LogP contribution in [0.3, 0.4) is 0 Å². The minimum atomic E-state index is -0.180. The molecule has 0 spiro atoms. The third kappa shape index (κ3) is 4.52. The molecule has 0 atom stereocenters. The van der Waals surface area contributed by atoms with Gasteiger partial charge in [0.05, 0.1) is 5.03 Å². The Bertz CT molecular complexity index is 473. The fourth-order valence-electron chi connectivity index (χ4n) is 3.43. The van der Waals surface area contributed by atoms with Crippen LogP contribution in [0, 0.1) is 11.3 Å². The predicted molar refractivity (Wildman–Crippen MR) is 93.8 cm³/mol. The zero-order chi connectivity index (χ0) is 16.2. The Morgan fingerprint density at radius 3 is 2.50 bits per heavy atom. The van der Waals surface area contributed by atoms with E-state index < -0.39 is 0 Å². The number of carbonyl (C=O) groups excluding carboxylic acids is 1.